The summed E-state index contributed by atoms with van der Waals surface area (Å²) in [5.41, 5.74) is 6.11. The molecule has 0 aromatic rings. The highest BCUT2D eigenvalue weighted by Gasteiger charge is 2.63. The Kier molecular flexibility index (Phi) is 3.87. The Balaban J connectivity index is 1.71. The van der Waals surface area contributed by atoms with Crippen LogP contribution in [0.3, 0.4) is 0 Å². The van der Waals surface area contributed by atoms with Gasteiger partial charge < -0.3 is 15.4 Å². The number of carbonyl (C=O) groups is 2. The molecule has 3 fully saturated rings. The Hall–Kier alpha value is -0.900. The fourth-order valence-corrected chi connectivity index (χ4v) is 4.78. The molecule has 2 saturated carbocycles. The van der Waals surface area contributed by atoms with Crippen molar-refractivity contribution in [1.29, 1.82) is 0 Å². The largest absolute Gasteiger partial charge is 0.331 e. The second-order valence-corrected chi connectivity index (χ2v) is 8.93. The molecule has 1 amide bonds. The second-order valence-electron chi connectivity index (χ2n) is 8.93. The van der Waals surface area contributed by atoms with Gasteiger partial charge in [-0.25, -0.2) is 0 Å². The first kappa shape index (κ1) is 16.0. The number of rotatable bonds is 3. The molecule has 4 atom stereocenters. The Morgan fingerprint density at radius 2 is 1.91 bits per heavy atom. The monoisotopic (exact) mass is 306 g/mol. The zero-order chi connectivity index (χ0) is 16.1. The molecule has 124 valence electrons. The molecule has 22 heavy (non-hydrogen) atoms. The minimum Gasteiger partial charge on any atom is -0.331 e. The fourth-order valence-electron chi connectivity index (χ4n) is 4.78. The molecule has 0 bridgehead atoms. The van der Waals surface area contributed by atoms with Gasteiger partial charge in [0.25, 0.3) is 0 Å². The molecule has 0 aromatic heterocycles. The standard InChI is InChI=1S/C18H30N2O2/c1-17(2,3)15(19)16(22)20-11-18(8-13(20)10-21)9-14(18)12-6-4-5-7-12/h10,12-15H,4-9,11,19H2,1-3H3/t13?,14?,15?,18-/m1/s1. The van der Waals surface area contributed by atoms with E-state index < -0.39 is 6.04 Å². The maximum Gasteiger partial charge on any atom is 0.240 e. The van der Waals surface area contributed by atoms with Crippen LogP contribution in [0.25, 0.3) is 0 Å². The summed E-state index contributed by atoms with van der Waals surface area (Å²) in [4.78, 5) is 26.0. The molecule has 2 N–H and O–H groups in total. The third-order valence-corrected chi connectivity index (χ3v) is 6.36. The predicted octanol–water partition coefficient (Wildman–Crippen LogP) is 2.36. The molecule has 3 rings (SSSR count). The lowest BCUT2D eigenvalue weighted by molar-refractivity contribution is -0.138. The van der Waals surface area contributed by atoms with Crippen LogP contribution < -0.4 is 5.73 Å². The van der Waals surface area contributed by atoms with E-state index in [-0.39, 0.29) is 22.8 Å². The summed E-state index contributed by atoms with van der Waals surface area (Å²) >= 11 is 0. The molecular formula is C18H30N2O2. The number of amides is 1. The van der Waals surface area contributed by atoms with Crippen molar-refractivity contribution >= 4 is 12.2 Å². The van der Waals surface area contributed by atoms with Crippen LogP contribution in [0.1, 0.15) is 59.3 Å². The zero-order valence-corrected chi connectivity index (χ0v) is 14.2. The van der Waals surface area contributed by atoms with Crippen LogP contribution in [0.2, 0.25) is 0 Å². The van der Waals surface area contributed by atoms with E-state index in [1.807, 2.05) is 20.8 Å². The lowest BCUT2D eigenvalue weighted by Crippen LogP contribution is -2.52. The number of carbonyl (C=O) groups excluding carboxylic acids is 2. The summed E-state index contributed by atoms with van der Waals surface area (Å²) in [7, 11) is 0. The van der Waals surface area contributed by atoms with Crippen molar-refractivity contribution in [2.24, 2.45) is 28.4 Å². The lowest BCUT2D eigenvalue weighted by Gasteiger charge is -2.31. The maximum atomic E-state index is 12.7. The minimum atomic E-state index is -0.534. The van der Waals surface area contributed by atoms with Crippen LogP contribution in [0.15, 0.2) is 0 Å². The van der Waals surface area contributed by atoms with E-state index >= 15 is 0 Å². The molecule has 1 aliphatic heterocycles. The quantitative estimate of drug-likeness (QED) is 0.814. The summed E-state index contributed by atoms with van der Waals surface area (Å²) in [6.45, 7) is 6.70. The van der Waals surface area contributed by atoms with Crippen molar-refractivity contribution in [2.75, 3.05) is 6.54 Å². The van der Waals surface area contributed by atoms with E-state index in [2.05, 4.69) is 0 Å². The van der Waals surface area contributed by atoms with Crippen LogP contribution in [-0.4, -0.2) is 35.7 Å². The van der Waals surface area contributed by atoms with Gasteiger partial charge in [-0.15, -0.1) is 0 Å². The summed E-state index contributed by atoms with van der Waals surface area (Å²) in [5, 5.41) is 0. The van der Waals surface area contributed by atoms with Crippen molar-refractivity contribution in [2.45, 2.75) is 71.4 Å². The topological polar surface area (TPSA) is 63.4 Å². The Morgan fingerprint density at radius 3 is 2.45 bits per heavy atom. The molecule has 1 saturated heterocycles. The summed E-state index contributed by atoms with van der Waals surface area (Å²) in [6, 6.07) is -0.791. The predicted molar refractivity (Wildman–Crippen MR) is 86.1 cm³/mol. The molecule has 1 heterocycles. The summed E-state index contributed by atoms with van der Waals surface area (Å²) < 4.78 is 0. The second kappa shape index (κ2) is 5.33. The van der Waals surface area contributed by atoms with Crippen LogP contribution >= 0.6 is 0 Å². The van der Waals surface area contributed by atoms with Crippen molar-refractivity contribution in [3.05, 3.63) is 0 Å². The van der Waals surface area contributed by atoms with Gasteiger partial charge >= 0.3 is 0 Å². The number of hydrogen-bond acceptors (Lipinski definition) is 3. The van der Waals surface area contributed by atoms with Gasteiger partial charge in [0, 0.05) is 6.54 Å². The van der Waals surface area contributed by atoms with Crippen molar-refractivity contribution in [1.82, 2.24) is 4.90 Å². The SMILES string of the molecule is CC(C)(C)C(N)C(=O)N1C[C@@]2(CC1C=O)CC2C1CCCC1. The van der Waals surface area contributed by atoms with Crippen LogP contribution in [0.5, 0.6) is 0 Å². The van der Waals surface area contributed by atoms with E-state index in [9.17, 15) is 9.59 Å². The smallest absolute Gasteiger partial charge is 0.240 e. The third kappa shape index (κ3) is 2.60. The number of nitrogens with two attached hydrogens (primary N) is 1. The van der Waals surface area contributed by atoms with Crippen LogP contribution in [0, 0.1) is 22.7 Å². The normalized spacial score (nSPS) is 36.8. The highest BCUT2D eigenvalue weighted by Crippen LogP contribution is 2.65. The number of nitrogens with zero attached hydrogens (tertiary/aromatic N) is 1. The first-order valence-electron chi connectivity index (χ1n) is 8.80. The molecule has 4 heteroatoms. The fraction of sp³-hybridized carbons (Fsp3) is 0.889. The Labute approximate surface area is 133 Å². The van der Waals surface area contributed by atoms with Crippen LogP contribution in [0.4, 0.5) is 0 Å². The number of aldehydes is 1. The maximum absolute atomic E-state index is 12.7. The van der Waals surface area contributed by atoms with E-state index in [4.69, 9.17) is 5.73 Å². The van der Waals surface area contributed by atoms with Gasteiger partial charge in [0.2, 0.25) is 5.91 Å². The van der Waals surface area contributed by atoms with Gasteiger partial charge in [-0.1, -0.05) is 46.5 Å². The Bertz CT molecular complexity index is 464. The summed E-state index contributed by atoms with van der Waals surface area (Å²) in [6.07, 6.45) is 8.42. The molecule has 1 spiro atoms. The van der Waals surface area contributed by atoms with Gasteiger partial charge in [0.05, 0.1) is 12.1 Å². The Morgan fingerprint density at radius 1 is 1.27 bits per heavy atom. The number of likely N-dealkylation sites (tertiary alicyclic amines) is 1. The molecule has 3 aliphatic rings. The van der Waals surface area contributed by atoms with Gasteiger partial charge in [0.15, 0.2) is 0 Å². The molecule has 2 aliphatic carbocycles. The molecule has 3 unspecified atom stereocenters. The van der Waals surface area contributed by atoms with Crippen LogP contribution in [-0.2, 0) is 9.59 Å². The molecule has 0 aromatic carbocycles. The first-order valence-corrected chi connectivity index (χ1v) is 8.80. The first-order chi connectivity index (χ1) is 10.3. The van der Waals surface area contributed by atoms with Gasteiger partial charge in [-0.05, 0) is 35.5 Å². The van der Waals surface area contributed by atoms with E-state index in [0.717, 1.165) is 31.1 Å². The van der Waals surface area contributed by atoms with E-state index in [0.29, 0.717) is 0 Å². The van der Waals surface area contributed by atoms with Crippen molar-refractivity contribution in [3.63, 3.8) is 0 Å². The van der Waals surface area contributed by atoms with Gasteiger partial charge in [-0.3, -0.25) is 4.79 Å². The lowest BCUT2D eigenvalue weighted by atomic mass is 9.86. The average Bonchev–Trinajstić information content (AvgIpc) is 2.84. The van der Waals surface area contributed by atoms with Crippen molar-refractivity contribution < 1.29 is 9.59 Å². The van der Waals surface area contributed by atoms with Gasteiger partial charge in [0.1, 0.15) is 6.29 Å². The molecule has 0 radical (unpaired) electrons. The zero-order valence-electron chi connectivity index (χ0n) is 14.2. The average molecular weight is 306 g/mol. The highest BCUT2D eigenvalue weighted by atomic mass is 16.2. The molecular weight excluding hydrogens is 276 g/mol. The third-order valence-electron chi connectivity index (χ3n) is 6.36. The molecule has 4 nitrogen and oxygen atoms in total. The van der Waals surface area contributed by atoms with Gasteiger partial charge in [-0.2, -0.15) is 0 Å². The highest BCUT2D eigenvalue weighted by molar-refractivity contribution is 5.85. The minimum absolute atomic E-state index is 0.0430. The van der Waals surface area contributed by atoms with E-state index in [1.165, 1.54) is 32.1 Å². The number of hydrogen-bond donors (Lipinski definition) is 1. The van der Waals surface area contributed by atoms with Crippen molar-refractivity contribution in [3.8, 4) is 0 Å². The summed E-state index contributed by atoms with van der Waals surface area (Å²) in [5.74, 6) is 1.53. The van der Waals surface area contributed by atoms with E-state index in [1.54, 1.807) is 4.90 Å².